The summed E-state index contributed by atoms with van der Waals surface area (Å²) in [6, 6.07) is 0. The van der Waals surface area contributed by atoms with Crippen molar-refractivity contribution in [3.8, 4) is 0 Å². The molecular formula is C11H9F5N2. The Morgan fingerprint density at radius 3 is 1.67 bits per heavy atom. The Hall–Kier alpha value is -1.66. The fourth-order valence-corrected chi connectivity index (χ4v) is 1.73. The van der Waals surface area contributed by atoms with Crippen LogP contribution in [0.25, 0.3) is 0 Å². The summed E-state index contributed by atoms with van der Waals surface area (Å²) in [6.45, 7) is 0. The summed E-state index contributed by atoms with van der Waals surface area (Å²) in [5.41, 5.74) is 1.46. The zero-order valence-corrected chi connectivity index (χ0v) is 9.17. The van der Waals surface area contributed by atoms with Crippen LogP contribution >= 0.6 is 0 Å². The molecule has 1 N–H and O–H groups in total. The van der Waals surface area contributed by atoms with Crippen LogP contribution < -0.4 is 5.43 Å². The van der Waals surface area contributed by atoms with E-state index in [4.69, 9.17) is 0 Å². The lowest BCUT2D eigenvalue weighted by atomic mass is 10.2. The van der Waals surface area contributed by atoms with E-state index < -0.39 is 34.8 Å². The average Bonchev–Trinajstić information content (AvgIpc) is 2.87. The van der Waals surface area contributed by atoms with Gasteiger partial charge in [0.15, 0.2) is 23.3 Å². The standard InChI is InChI=1S/C11H9F5N2/c12-6-7(13)9(15)11(10(16)8(6)14)18-17-5-3-1-2-4-5/h18H,1-4H2. The zero-order chi connectivity index (χ0) is 13.3. The third-order valence-electron chi connectivity index (χ3n) is 2.72. The number of hydrogen-bond acceptors (Lipinski definition) is 2. The van der Waals surface area contributed by atoms with E-state index in [1.165, 1.54) is 0 Å². The van der Waals surface area contributed by atoms with Gasteiger partial charge in [0.1, 0.15) is 5.69 Å². The Balaban J connectivity index is 2.35. The summed E-state index contributed by atoms with van der Waals surface area (Å²) >= 11 is 0. The van der Waals surface area contributed by atoms with Gasteiger partial charge in [-0.2, -0.15) is 5.10 Å². The van der Waals surface area contributed by atoms with Gasteiger partial charge in [0.05, 0.1) is 0 Å². The molecule has 2 rings (SSSR count). The van der Waals surface area contributed by atoms with Crippen molar-refractivity contribution in [2.24, 2.45) is 5.10 Å². The molecule has 0 atom stereocenters. The van der Waals surface area contributed by atoms with Gasteiger partial charge in [0.25, 0.3) is 0 Å². The van der Waals surface area contributed by atoms with E-state index in [1.807, 2.05) is 5.43 Å². The monoisotopic (exact) mass is 264 g/mol. The minimum absolute atomic E-state index is 0.652. The van der Waals surface area contributed by atoms with Crippen molar-refractivity contribution in [2.75, 3.05) is 5.43 Å². The molecule has 0 amide bonds. The number of rotatable bonds is 2. The number of benzene rings is 1. The molecule has 0 heterocycles. The maximum atomic E-state index is 13.2. The highest BCUT2D eigenvalue weighted by atomic mass is 19.2. The summed E-state index contributed by atoms with van der Waals surface area (Å²) in [4.78, 5) is 0. The number of hydrogen-bond donors (Lipinski definition) is 1. The molecule has 0 unspecified atom stereocenters. The highest BCUT2D eigenvalue weighted by molar-refractivity contribution is 5.86. The Morgan fingerprint density at radius 1 is 0.722 bits per heavy atom. The van der Waals surface area contributed by atoms with Crippen molar-refractivity contribution in [1.82, 2.24) is 0 Å². The molecule has 1 aliphatic rings. The fourth-order valence-electron chi connectivity index (χ4n) is 1.73. The Labute approximate surface area is 99.5 Å². The molecule has 2 nitrogen and oxygen atoms in total. The van der Waals surface area contributed by atoms with Gasteiger partial charge >= 0.3 is 0 Å². The van der Waals surface area contributed by atoms with Crippen LogP contribution in [0.4, 0.5) is 27.6 Å². The first kappa shape index (κ1) is 12.8. The lowest BCUT2D eigenvalue weighted by Gasteiger charge is -2.07. The smallest absolute Gasteiger partial charge is 0.200 e. The van der Waals surface area contributed by atoms with Gasteiger partial charge in [-0.05, 0) is 25.7 Å². The molecule has 0 spiro atoms. The molecule has 1 aliphatic carbocycles. The highest BCUT2D eigenvalue weighted by Gasteiger charge is 2.25. The lowest BCUT2D eigenvalue weighted by Crippen LogP contribution is -2.07. The van der Waals surface area contributed by atoms with Crippen molar-refractivity contribution in [1.29, 1.82) is 0 Å². The summed E-state index contributed by atoms with van der Waals surface area (Å²) < 4.78 is 64.9. The topological polar surface area (TPSA) is 24.4 Å². The number of anilines is 1. The minimum atomic E-state index is -2.18. The van der Waals surface area contributed by atoms with Crippen LogP contribution in [0.15, 0.2) is 5.10 Å². The highest BCUT2D eigenvalue weighted by Crippen LogP contribution is 2.27. The molecule has 1 aromatic rings. The average molecular weight is 264 g/mol. The molecule has 7 heteroatoms. The zero-order valence-electron chi connectivity index (χ0n) is 9.17. The van der Waals surface area contributed by atoms with E-state index in [-0.39, 0.29) is 0 Å². The van der Waals surface area contributed by atoms with Crippen LogP contribution in [0.5, 0.6) is 0 Å². The fraction of sp³-hybridized carbons (Fsp3) is 0.364. The quantitative estimate of drug-likeness (QED) is 0.374. The van der Waals surface area contributed by atoms with Gasteiger partial charge in [0, 0.05) is 5.71 Å². The van der Waals surface area contributed by atoms with E-state index in [0.717, 1.165) is 12.8 Å². The summed E-state index contributed by atoms with van der Waals surface area (Å²) in [5.74, 6) is -9.96. The van der Waals surface area contributed by atoms with Crippen LogP contribution in [-0.2, 0) is 0 Å². The van der Waals surface area contributed by atoms with Gasteiger partial charge in [-0.25, -0.2) is 22.0 Å². The van der Waals surface area contributed by atoms with E-state index in [9.17, 15) is 22.0 Å². The molecule has 1 fully saturated rings. The summed E-state index contributed by atoms with van der Waals surface area (Å²) in [6.07, 6.45) is 3.11. The first-order valence-corrected chi connectivity index (χ1v) is 5.35. The van der Waals surface area contributed by atoms with Crippen molar-refractivity contribution < 1.29 is 22.0 Å². The Bertz CT molecular complexity index is 476. The van der Waals surface area contributed by atoms with E-state index >= 15 is 0 Å². The van der Waals surface area contributed by atoms with E-state index in [0.29, 0.717) is 18.6 Å². The molecule has 0 radical (unpaired) electrons. The largest absolute Gasteiger partial charge is 0.272 e. The van der Waals surface area contributed by atoms with Crippen molar-refractivity contribution in [2.45, 2.75) is 25.7 Å². The van der Waals surface area contributed by atoms with Crippen molar-refractivity contribution in [3.63, 3.8) is 0 Å². The van der Waals surface area contributed by atoms with Gasteiger partial charge in [-0.1, -0.05) is 0 Å². The molecule has 1 aromatic carbocycles. The predicted octanol–water partition coefficient (Wildman–Crippen LogP) is 3.72. The number of hydrazone groups is 1. The second kappa shape index (κ2) is 4.91. The van der Waals surface area contributed by atoms with Crippen LogP contribution in [0.1, 0.15) is 25.7 Å². The minimum Gasteiger partial charge on any atom is -0.272 e. The predicted molar refractivity (Wildman–Crippen MR) is 55.8 cm³/mol. The van der Waals surface area contributed by atoms with Crippen LogP contribution in [-0.4, -0.2) is 5.71 Å². The molecule has 18 heavy (non-hydrogen) atoms. The molecular weight excluding hydrogens is 255 g/mol. The van der Waals surface area contributed by atoms with Crippen molar-refractivity contribution in [3.05, 3.63) is 29.1 Å². The summed E-state index contributed by atoms with van der Waals surface area (Å²) in [7, 11) is 0. The molecule has 98 valence electrons. The normalized spacial score (nSPS) is 15.1. The molecule has 0 aliphatic heterocycles. The van der Waals surface area contributed by atoms with Crippen molar-refractivity contribution >= 4 is 11.4 Å². The maximum Gasteiger partial charge on any atom is 0.200 e. The Kier molecular flexibility index (Phi) is 3.49. The molecule has 0 aromatic heterocycles. The number of nitrogens with one attached hydrogen (secondary N) is 1. The van der Waals surface area contributed by atoms with Crippen LogP contribution in [0, 0.1) is 29.1 Å². The second-order valence-electron chi connectivity index (χ2n) is 3.94. The van der Waals surface area contributed by atoms with Crippen LogP contribution in [0.3, 0.4) is 0 Å². The Morgan fingerprint density at radius 2 is 1.17 bits per heavy atom. The van der Waals surface area contributed by atoms with Gasteiger partial charge < -0.3 is 0 Å². The summed E-state index contributed by atoms with van der Waals surface area (Å²) in [5, 5.41) is 3.66. The van der Waals surface area contributed by atoms with Gasteiger partial charge in [-0.15, -0.1) is 0 Å². The molecule has 0 bridgehead atoms. The van der Waals surface area contributed by atoms with E-state index in [2.05, 4.69) is 5.10 Å². The molecule has 1 saturated carbocycles. The first-order chi connectivity index (χ1) is 8.52. The van der Waals surface area contributed by atoms with Crippen LogP contribution in [0.2, 0.25) is 0 Å². The third-order valence-corrected chi connectivity index (χ3v) is 2.72. The first-order valence-electron chi connectivity index (χ1n) is 5.35. The molecule has 0 saturated heterocycles. The number of halogens is 5. The number of nitrogens with zero attached hydrogens (tertiary/aromatic N) is 1. The lowest BCUT2D eigenvalue weighted by molar-refractivity contribution is 0.381. The van der Waals surface area contributed by atoms with Gasteiger partial charge in [0.2, 0.25) is 5.82 Å². The van der Waals surface area contributed by atoms with E-state index in [1.54, 1.807) is 0 Å². The maximum absolute atomic E-state index is 13.2. The van der Waals surface area contributed by atoms with Gasteiger partial charge in [-0.3, -0.25) is 5.43 Å². The third kappa shape index (κ3) is 2.16. The SMILES string of the molecule is Fc1c(F)c(F)c(NN=C2CCCC2)c(F)c1F. The second-order valence-corrected chi connectivity index (χ2v) is 3.94.